The second-order valence-electron chi connectivity index (χ2n) is 2.97. The number of ether oxygens (including phenoxy) is 2. The maximum atomic E-state index is 10.9. The highest BCUT2D eigenvalue weighted by Gasteiger charge is 1.98. The highest BCUT2D eigenvalue weighted by molar-refractivity contribution is 5.60. The number of hydrogen-bond acceptors (Lipinski definition) is 3. The average Bonchev–Trinajstić information content (AvgIpc) is 2.33. The first-order valence-electron chi connectivity index (χ1n) is 4.95. The smallest absolute Gasteiger partial charge is 0.430 e. The molecule has 0 N–H and O–H groups in total. The van der Waals surface area contributed by atoms with Gasteiger partial charge in [-0.05, 0) is 11.6 Å². The van der Waals surface area contributed by atoms with E-state index in [1.165, 1.54) is 6.08 Å². The second-order valence-corrected chi connectivity index (χ2v) is 2.97. The lowest BCUT2D eigenvalue weighted by atomic mass is 10.2. The van der Waals surface area contributed by atoms with Crippen LogP contribution in [0, 0.1) is 0 Å². The lowest BCUT2D eigenvalue weighted by molar-refractivity contribution is 0.0719. The lowest BCUT2D eigenvalue weighted by Gasteiger charge is -2.00. The number of rotatable bonds is 5. The minimum atomic E-state index is -0.683. The van der Waals surface area contributed by atoms with Crippen molar-refractivity contribution in [2.45, 2.75) is 0 Å². The molecule has 0 aliphatic rings. The van der Waals surface area contributed by atoms with E-state index in [-0.39, 0.29) is 13.2 Å². The molecule has 0 atom stereocenters. The van der Waals surface area contributed by atoms with E-state index in [0.717, 1.165) is 5.56 Å². The summed E-state index contributed by atoms with van der Waals surface area (Å²) in [6.45, 7) is 3.79. The van der Waals surface area contributed by atoms with Gasteiger partial charge >= 0.3 is 6.16 Å². The first-order chi connectivity index (χ1) is 7.83. The van der Waals surface area contributed by atoms with Gasteiger partial charge in [0.2, 0.25) is 0 Å². The third-order valence-corrected chi connectivity index (χ3v) is 1.73. The predicted octanol–water partition coefficient (Wildman–Crippen LogP) is 3.04. The first kappa shape index (κ1) is 12.0. The van der Waals surface area contributed by atoms with Crippen molar-refractivity contribution in [3.8, 4) is 0 Å². The first-order valence-corrected chi connectivity index (χ1v) is 4.95. The minimum absolute atomic E-state index is 0.168. The fraction of sp³-hybridized carbons (Fsp3) is 0.154. The molecule has 0 aliphatic heterocycles. The maximum Gasteiger partial charge on any atom is 0.508 e. The fourth-order valence-electron chi connectivity index (χ4n) is 1.03. The van der Waals surface area contributed by atoms with E-state index in [2.05, 4.69) is 11.3 Å². The van der Waals surface area contributed by atoms with Crippen LogP contribution in [0.3, 0.4) is 0 Å². The molecule has 0 amide bonds. The molecule has 1 aromatic rings. The molecule has 0 heterocycles. The summed E-state index contributed by atoms with van der Waals surface area (Å²) in [7, 11) is 0. The van der Waals surface area contributed by atoms with E-state index in [0.29, 0.717) is 0 Å². The number of carbonyl (C=O) groups excluding carboxylic acids is 1. The molecule has 0 aliphatic carbocycles. The highest BCUT2D eigenvalue weighted by Crippen LogP contribution is 2.00. The zero-order valence-corrected chi connectivity index (χ0v) is 8.96. The Bertz CT molecular complexity index is 355. The maximum absolute atomic E-state index is 10.9. The summed E-state index contributed by atoms with van der Waals surface area (Å²) in [6.07, 6.45) is 4.43. The molecule has 0 fully saturated rings. The summed E-state index contributed by atoms with van der Waals surface area (Å²) in [5.41, 5.74) is 1.06. The SMILES string of the molecule is C=CCOC(=O)OC/C=C/c1ccccc1. The molecule has 0 saturated heterocycles. The molecule has 84 valence electrons. The van der Waals surface area contributed by atoms with Gasteiger partial charge in [-0.1, -0.05) is 49.1 Å². The van der Waals surface area contributed by atoms with E-state index in [1.807, 2.05) is 36.4 Å². The van der Waals surface area contributed by atoms with Crippen LogP contribution in [0.15, 0.2) is 49.1 Å². The molecular formula is C13H14O3. The van der Waals surface area contributed by atoms with Gasteiger partial charge in [0.1, 0.15) is 13.2 Å². The van der Waals surface area contributed by atoms with Crippen molar-refractivity contribution in [3.05, 3.63) is 54.6 Å². The molecule has 0 radical (unpaired) electrons. The Morgan fingerprint density at radius 1 is 1.19 bits per heavy atom. The van der Waals surface area contributed by atoms with E-state index < -0.39 is 6.16 Å². The highest BCUT2D eigenvalue weighted by atomic mass is 16.7. The van der Waals surface area contributed by atoms with Crippen molar-refractivity contribution in [2.24, 2.45) is 0 Å². The molecule has 3 heteroatoms. The van der Waals surface area contributed by atoms with Crippen LogP contribution in [0.5, 0.6) is 0 Å². The molecule has 16 heavy (non-hydrogen) atoms. The summed E-state index contributed by atoms with van der Waals surface area (Å²) in [4.78, 5) is 10.9. The Kier molecular flexibility index (Phi) is 5.48. The van der Waals surface area contributed by atoms with Crippen LogP contribution in [0.25, 0.3) is 6.08 Å². The van der Waals surface area contributed by atoms with Crippen LogP contribution in [0.2, 0.25) is 0 Å². The van der Waals surface area contributed by atoms with Crippen molar-refractivity contribution in [2.75, 3.05) is 13.2 Å². The monoisotopic (exact) mass is 218 g/mol. The summed E-state index contributed by atoms with van der Waals surface area (Å²) < 4.78 is 9.40. The number of hydrogen-bond donors (Lipinski definition) is 0. The van der Waals surface area contributed by atoms with Crippen LogP contribution in [0.1, 0.15) is 5.56 Å². The van der Waals surface area contributed by atoms with Gasteiger partial charge in [0.15, 0.2) is 0 Å². The van der Waals surface area contributed by atoms with E-state index in [1.54, 1.807) is 6.08 Å². The third kappa shape index (κ3) is 5.00. The van der Waals surface area contributed by atoms with Gasteiger partial charge < -0.3 is 9.47 Å². The summed E-state index contributed by atoms with van der Waals surface area (Å²) in [6, 6.07) is 9.76. The Morgan fingerprint density at radius 2 is 1.88 bits per heavy atom. The van der Waals surface area contributed by atoms with Gasteiger partial charge in [0, 0.05) is 0 Å². The quantitative estimate of drug-likeness (QED) is 0.563. The van der Waals surface area contributed by atoms with Gasteiger partial charge in [0.25, 0.3) is 0 Å². The van der Waals surface area contributed by atoms with Gasteiger partial charge in [-0.2, -0.15) is 0 Å². The topological polar surface area (TPSA) is 35.5 Å². The molecule has 0 aromatic heterocycles. The van der Waals surface area contributed by atoms with Crippen LogP contribution in [-0.2, 0) is 9.47 Å². The Balaban J connectivity index is 2.22. The molecule has 1 rings (SSSR count). The molecule has 0 bridgehead atoms. The van der Waals surface area contributed by atoms with Crippen molar-refractivity contribution in [1.29, 1.82) is 0 Å². The van der Waals surface area contributed by atoms with E-state index >= 15 is 0 Å². The van der Waals surface area contributed by atoms with Crippen LogP contribution < -0.4 is 0 Å². The average molecular weight is 218 g/mol. The van der Waals surface area contributed by atoms with E-state index in [9.17, 15) is 4.79 Å². The summed E-state index contributed by atoms with van der Waals surface area (Å²) in [5.74, 6) is 0. The summed E-state index contributed by atoms with van der Waals surface area (Å²) in [5, 5.41) is 0. The third-order valence-electron chi connectivity index (χ3n) is 1.73. The van der Waals surface area contributed by atoms with Crippen molar-refractivity contribution < 1.29 is 14.3 Å². The molecule has 0 spiro atoms. The molecule has 1 aromatic carbocycles. The lowest BCUT2D eigenvalue weighted by Crippen LogP contribution is -2.06. The minimum Gasteiger partial charge on any atom is -0.430 e. The van der Waals surface area contributed by atoms with Gasteiger partial charge in [-0.25, -0.2) is 4.79 Å². The molecular weight excluding hydrogens is 204 g/mol. The molecule has 0 saturated carbocycles. The predicted molar refractivity (Wildman–Crippen MR) is 63.0 cm³/mol. The van der Waals surface area contributed by atoms with Crippen LogP contribution in [-0.4, -0.2) is 19.4 Å². The molecule has 3 nitrogen and oxygen atoms in total. The largest absolute Gasteiger partial charge is 0.508 e. The number of carbonyl (C=O) groups is 1. The molecule has 0 unspecified atom stereocenters. The number of benzene rings is 1. The van der Waals surface area contributed by atoms with Gasteiger partial charge in [-0.3, -0.25) is 0 Å². The normalized spacial score (nSPS) is 10.0. The standard InChI is InChI=1S/C13H14O3/c1-2-10-15-13(14)16-11-6-9-12-7-4-3-5-8-12/h2-9H,1,10-11H2/b9-6+. The Hall–Kier alpha value is -2.03. The summed E-state index contributed by atoms with van der Waals surface area (Å²) >= 11 is 0. The van der Waals surface area contributed by atoms with Gasteiger partial charge in [0.05, 0.1) is 0 Å². The Labute approximate surface area is 95.0 Å². The second kappa shape index (κ2) is 7.29. The van der Waals surface area contributed by atoms with Crippen LogP contribution in [0.4, 0.5) is 4.79 Å². The van der Waals surface area contributed by atoms with Crippen molar-refractivity contribution >= 4 is 12.2 Å². The Morgan fingerprint density at radius 3 is 2.56 bits per heavy atom. The van der Waals surface area contributed by atoms with Crippen LogP contribution >= 0.6 is 0 Å². The van der Waals surface area contributed by atoms with Gasteiger partial charge in [-0.15, -0.1) is 0 Å². The fourth-order valence-corrected chi connectivity index (χ4v) is 1.03. The zero-order chi connectivity index (χ0) is 11.6. The van der Waals surface area contributed by atoms with Crippen molar-refractivity contribution in [3.63, 3.8) is 0 Å². The van der Waals surface area contributed by atoms with E-state index in [4.69, 9.17) is 4.74 Å². The van der Waals surface area contributed by atoms with Crippen molar-refractivity contribution in [1.82, 2.24) is 0 Å². The zero-order valence-electron chi connectivity index (χ0n) is 8.96.